The minimum absolute atomic E-state index is 0.0339. The highest BCUT2D eigenvalue weighted by atomic mass is 16.5. The topological polar surface area (TPSA) is 105 Å². The normalized spacial score (nSPS) is 19.6. The summed E-state index contributed by atoms with van der Waals surface area (Å²) < 4.78 is 5.50. The van der Waals surface area contributed by atoms with Gasteiger partial charge in [-0.1, -0.05) is 55.5 Å². The van der Waals surface area contributed by atoms with Gasteiger partial charge < -0.3 is 20.5 Å². The predicted octanol–water partition coefficient (Wildman–Crippen LogP) is 3.14. The van der Waals surface area contributed by atoms with E-state index in [9.17, 15) is 14.4 Å². The fraction of sp³-hybridized carbons (Fsp3) is 0.375. The summed E-state index contributed by atoms with van der Waals surface area (Å²) in [4.78, 5) is 35.7. The minimum atomic E-state index is -0.831. The number of rotatable bonds is 8. The molecule has 0 aromatic heterocycles. The van der Waals surface area contributed by atoms with Crippen LogP contribution in [-0.2, 0) is 14.3 Å². The molecule has 0 radical (unpaired) electrons. The second kappa shape index (κ2) is 8.79. The highest BCUT2D eigenvalue weighted by Gasteiger charge is 2.43. The lowest BCUT2D eigenvalue weighted by molar-refractivity contribution is -0.139. The van der Waals surface area contributed by atoms with Crippen molar-refractivity contribution in [3.05, 3.63) is 59.7 Å². The Bertz CT molecular complexity index is 959. The van der Waals surface area contributed by atoms with Crippen molar-refractivity contribution >= 4 is 18.0 Å². The molecule has 2 aliphatic rings. The summed E-state index contributed by atoms with van der Waals surface area (Å²) >= 11 is 0. The third-order valence-electron chi connectivity index (χ3n) is 6.14. The van der Waals surface area contributed by atoms with Crippen molar-refractivity contribution in [2.24, 2.45) is 11.8 Å². The van der Waals surface area contributed by atoms with E-state index in [0.29, 0.717) is 19.4 Å². The van der Waals surface area contributed by atoms with Gasteiger partial charge in [-0.3, -0.25) is 9.59 Å². The molecule has 4 rings (SSSR count). The van der Waals surface area contributed by atoms with Gasteiger partial charge in [-0.2, -0.15) is 0 Å². The summed E-state index contributed by atoms with van der Waals surface area (Å²) in [7, 11) is 0. The van der Waals surface area contributed by atoms with Crippen LogP contribution in [0.4, 0.5) is 4.79 Å². The van der Waals surface area contributed by atoms with Crippen LogP contribution in [0.3, 0.4) is 0 Å². The van der Waals surface area contributed by atoms with E-state index >= 15 is 0 Å². The average Bonchev–Trinajstić information content (AvgIpc) is 3.50. The number of fused-ring (bicyclic) bond motifs is 3. The summed E-state index contributed by atoms with van der Waals surface area (Å²) in [6, 6.07) is 15.5. The third-order valence-corrected chi connectivity index (χ3v) is 6.14. The van der Waals surface area contributed by atoms with E-state index in [4.69, 9.17) is 9.84 Å². The first-order valence-electron chi connectivity index (χ1n) is 10.6. The second-order valence-electron chi connectivity index (χ2n) is 8.12. The monoisotopic (exact) mass is 422 g/mol. The lowest BCUT2D eigenvalue weighted by Crippen LogP contribution is -2.47. The first-order valence-corrected chi connectivity index (χ1v) is 10.6. The molecule has 2 aromatic rings. The molecule has 0 bridgehead atoms. The summed E-state index contributed by atoms with van der Waals surface area (Å²) in [6.45, 7) is 2.28. The number of aliphatic carboxylic acids is 1. The van der Waals surface area contributed by atoms with Gasteiger partial charge in [0.1, 0.15) is 12.6 Å². The number of alkyl carbamates (subject to hydrolysis) is 1. The summed E-state index contributed by atoms with van der Waals surface area (Å²) in [5, 5.41) is 14.3. The van der Waals surface area contributed by atoms with Gasteiger partial charge in [-0.25, -0.2) is 4.79 Å². The van der Waals surface area contributed by atoms with Crippen LogP contribution in [0.25, 0.3) is 11.1 Å². The maximum Gasteiger partial charge on any atom is 0.407 e. The molecule has 2 aromatic carbocycles. The van der Waals surface area contributed by atoms with Crippen LogP contribution < -0.4 is 10.6 Å². The molecular formula is C24H26N2O5. The molecule has 7 heteroatoms. The van der Waals surface area contributed by atoms with Crippen molar-refractivity contribution in [3.63, 3.8) is 0 Å². The Morgan fingerprint density at radius 1 is 1.06 bits per heavy atom. The van der Waals surface area contributed by atoms with Crippen LogP contribution in [0, 0.1) is 11.8 Å². The fourth-order valence-electron chi connectivity index (χ4n) is 4.27. The van der Waals surface area contributed by atoms with Crippen LogP contribution in [-0.4, -0.2) is 42.3 Å². The van der Waals surface area contributed by atoms with Crippen LogP contribution in [0.5, 0.6) is 0 Å². The van der Waals surface area contributed by atoms with Gasteiger partial charge in [0.2, 0.25) is 5.91 Å². The SMILES string of the molecule is CC[C@H](NC(=O)OCC1c2ccccc2-c2ccccc21)C(=O)NC[C@@H]1C[C@@H]1C(=O)O. The zero-order chi connectivity index (χ0) is 22.0. The van der Waals surface area contributed by atoms with E-state index in [1.54, 1.807) is 6.92 Å². The van der Waals surface area contributed by atoms with Crippen molar-refractivity contribution in [1.82, 2.24) is 10.6 Å². The number of ether oxygens (including phenoxy) is 1. The van der Waals surface area contributed by atoms with Gasteiger partial charge in [-0.15, -0.1) is 0 Å². The highest BCUT2D eigenvalue weighted by Crippen LogP contribution is 2.44. The largest absolute Gasteiger partial charge is 0.481 e. The smallest absolute Gasteiger partial charge is 0.407 e. The maximum absolute atomic E-state index is 12.4. The molecule has 2 aliphatic carbocycles. The number of carbonyl (C=O) groups is 3. The Morgan fingerprint density at radius 3 is 2.23 bits per heavy atom. The number of hydrogen-bond donors (Lipinski definition) is 3. The number of hydrogen-bond acceptors (Lipinski definition) is 4. The number of benzene rings is 2. The molecule has 0 aliphatic heterocycles. The van der Waals surface area contributed by atoms with E-state index in [0.717, 1.165) is 22.3 Å². The van der Waals surface area contributed by atoms with Gasteiger partial charge in [0.15, 0.2) is 0 Å². The molecule has 3 atom stereocenters. The third kappa shape index (κ3) is 4.40. The Morgan fingerprint density at radius 2 is 1.68 bits per heavy atom. The lowest BCUT2D eigenvalue weighted by Gasteiger charge is -2.18. The molecule has 162 valence electrons. The highest BCUT2D eigenvalue weighted by molar-refractivity contribution is 5.86. The van der Waals surface area contributed by atoms with Crippen LogP contribution >= 0.6 is 0 Å². The quantitative estimate of drug-likeness (QED) is 0.606. The van der Waals surface area contributed by atoms with E-state index in [-0.39, 0.29) is 30.3 Å². The van der Waals surface area contributed by atoms with E-state index < -0.39 is 18.1 Å². The van der Waals surface area contributed by atoms with Crippen molar-refractivity contribution in [2.75, 3.05) is 13.2 Å². The Labute approximate surface area is 180 Å². The van der Waals surface area contributed by atoms with Gasteiger partial charge in [0.25, 0.3) is 0 Å². The first kappa shape index (κ1) is 20.9. The van der Waals surface area contributed by atoms with Crippen molar-refractivity contribution in [1.29, 1.82) is 0 Å². The summed E-state index contributed by atoms with van der Waals surface area (Å²) in [5.74, 6) is -1.62. The van der Waals surface area contributed by atoms with Crippen molar-refractivity contribution < 1.29 is 24.2 Å². The van der Waals surface area contributed by atoms with Crippen LogP contribution in [0.2, 0.25) is 0 Å². The molecule has 0 heterocycles. The van der Waals surface area contributed by atoms with E-state index in [2.05, 4.69) is 22.8 Å². The Balaban J connectivity index is 1.31. The summed E-state index contributed by atoms with van der Waals surface area (Å²) in [6.07, 6.45) is 0.341. The molecule has 0 spiro atoms. The molecule has 0 saturated heterocycles. The summed E-state index contributed by atoms with van der Waals surface area (Å²) in [5.41, 5.74) is 4.55. The second-order valence-corrected chi connectivity index (χ2v) is 8.12. The standard InChI is InChI=1S/C24H26N2O5/c1-2-21(22(27)25-12-14-11-19(14)23(28)29)26-24(30)31-13-20-17-9-5-3-7-15(17)16-8-4-6-10-18(16)20/h3-10,14,19-21H,2,11-13H2,1H3,(H,25,27)(H,26,30)(H,28,29)/t14-,19-,21-/m0/s1. The maximum atomic E-state index is 12.4. The zero-order valence-electron chi connectivity index (χ0n) is 17.3. The van der Waals surface area contributed by atoms with Gasteiger partial charge in [0.05, 0.1) is 5.92 Å². The average molecular weight is 422 g/mol. The van der Waals surface area contributed by atoms with Crippen molar-refractivity contribution in [3.8, 4) is 11.1 Å². The Kier molecular flexibility index (Phi) is 5.93. The fourth-order valence-corrected chi connectivity index (χ4v) is 4.27. The molecule has 0 unspecified atom stereocenters. The van der Waals surface area contributed by atoms with Crippen molar-refractivity contribution in [2.45, 2.75) is 31.7 Å². The first-order chi connectivity index (χ1) is 15.0. The van der Waals surface area contributed by atoms with Crippen LogP contribution in [0.1, 0.15) is 36.8 Å². The predicted molar refractivity (Wildman–Crippen MR) is 115 cm³/mol. The molecule has 31 heavy (non-hydrogen) atoms. The minimum Gasteiger partial charge on any atom is -0.481 e. The number of carbonyl (C=O) groups excluding carboxylic acids is 2. The number of carboxylic acid groups (broad SMARTS) is 1. The lowest BCUT2D eigenvalue weighted by atomic mass is 9.98. The van der Waals surface area contributed by atoms with Gasteiger partial charge in [0, 0.05) is 12.5 Å². The molecule has 1 saturated carbocycles. The molecule has 1 fully saturated rings. The van der Waals surface area contributed by atoms with E-state index in [1.807, 2.05) is 36.4 Å². The number of amides is 2. The van der Waals surface area contributed by atoms with Gasteiger partial charge in [-0.05, 0) is 41.0 Å². The Hall–Kier alpha value is -3.35. The molecule has 7 nitrogen and oxygen atoms in total. The molecule has 3 N–H and O–H groups in total. The molecular weight excluding hydrogens is 396 g/mol. The zero-order valence-corrected chi connectivity index (χ0v) is 17.3. The van der Waals surface area contributed by atoms with Crippen LogP contribution in [0.15, 0.2) is 48.5 Å². The van der Waals surface area contributed by atoms with E-state index in [1.165, 1.54) is 0 Å². The van der Waals surface area contributed by atoms with Gasteiger partial charge >= 0.3 is 12.1 Å². The molecule has 2 amide bonds. The number of nitrogens with one attached hydrogen (secondary N) is 2. The number of carboxylic acids is 1.